The molecule has 0 amide bonds. The zero-order chi connectivity index (χ0) is 9.42. The van der Waals surface area contributed by atoms with Gasteiger partial charge < -0.3 is 5.11 Å². The van der Waals surface area contributed by atoms with Gasteiger partial charge in [0, 0.05) is 11.6 Å². The third-order valence-electron chi connectivity index (χ3n) is 1.90. The van der Waals surface area contributed by atoms with Crippen molar-refractivity contribution < 1.29 is 9.90 Å². The maximum Gasteiger partial charge on any atom is 0.337 e. The predicted molar refractivity (Wildman–Crippen MR) is 53.2 cm³/mol. The number of nitrogens with zero attached hydrogens (tertiary/aromatic N) is 1. The molecule has 66 valence electrons. The zero-order valence-corrected chi connectivity index (χ0v) is 8.15. The highest BCUT2D eigenvalue weighted by atomic mass is 79.9. The Morgan fingerprint density at radius 2 is 2.08 bits per heavy atom. The maximum absolute atomic E-state index is 10.8. The van der Waals surface area contributed by atoms with Crippen LogP contribution in [0, 0.1) is 0 Å². The van der Waals surface area contributed by atoms with Crippen LogP contribution < -0.4 is 0 Å². The fourth-order valence-corrected chi connectivity index (χ4v) is 1.82. The quantitative estimate of drug-likeness (QED) is 0.831. The second-order valence-electron chi connectivity index (χ2n) is 2.68. The van der Waals surface area contributed by atoms with E-state index in [-0.39, 0.29) is 0 Å². The van der Waals surface area contributed by atoms with E-state index >= 15 is 0 Å². The van der Waals surface area contributed by atoms with Crippen LogP contribution in [0.1, 0.15) is 10.4 Å². The largest absolute Gasteiger partial charge is 0.478 e. The molecule has 2 aromatic rings. The minimum Gasteiger partial charge on any atom is -0.478 e. The van der Waals surface area contributed by atoms with Crippen LogP contribution in [0.25, 0.3) is 10.9 Å². The third kappa shape index (κ3) is 1.23. The van der Waals surface area contributed by atoms with Crippen LogP contribution in [0.15, 0.2) is 30.5 Å². The second kappa shape index (κ2) is 2.88. The lowest BCUT2D eigenvalue weighted by Gasteiger charge is -1.91. The molecule has 0 bridgehead atoms. The number of carbonyl (C=O) groups is 1. The van der Waals surface area contributed by atoms with Gasteiger partial charge in [0.05, 0.1) is 27.2 Å². The van der Waals surface area contributed by atoms with Crippen LogP contribution in [-0.4, -0.2) is 14.7 Å². The first-order valence-electron chi connectivity index (χ1n) is 3.69. The summed E-state index contributed by atoms with van der Waals surface area (Å²) in [5.74, 6) is -0.908. The van der Waals surface area contributed by atoms with Crippen molar-refractivity contribution in [3.05, 3.63) is 36.0 Å². The number of aromatic carboxylic acids is 1. The highest BCUT2D eigenvalue weighted by Crippen LogP contribution is 2.22. The molecule has 0 spiro atoms. The fraction of sp³-hybridized carbons (Fsp3) is 0. The van der Waals surface area contributed by atoms with Gasteiger partial charge in [-0.05, 0) is 6.07 Å². The third-order valence-corrected chi connectivity index (χ3v) is 2.48. The summed E-state index contributed by atoms with van der Waals surface area (Å²) < 4.78 is 1.63. The van der Waals surface area contributed by atoms with E-state index in [0.717, 1.165) is 10.9 Å². The Hall–Kier alpha value is -1.29. The van der Waals surface area contributed by atoms with Gasteiger partial charge in [-0.25, -0.2) is 4.79 Å². The van der Waals surface area contributed by atoms with Gasteiger partial charge in [0.1, 0.15) is 0 Å². The zero-order valence-electron chi connectivity index (χ0n) is 6.57. The molecule has 2 rings (SSSR count). The van der Waals surface area contributed by atoms with Crippen molar-refractivity contribution in [2.45, 2.75) is 0 Å². The molecule has 0 saturated heterocycles. The highest BCUT2D eigenvalue weighted by molar-refractivity contribution is 9.08. The molecule has 0 atom stereocenters. The van der Waals surface area contributed by atoms with Crippen molar-refractivity contribution >= 4 is 33.0 Å². The highest BCUT2D eigenvalue weighted by Gasteiger charge is 2.11. The first-order chi connectivity index (χ1) is 6.20. The van der Waals surface area contributed by atoms with Gasteiger partial charge in [-0.3, -0.25) is 3.59 Å². The van der Waals surface area contributed by atoms with E-state index in [0.29, 0.717) is 5.56 Å². The van der Waals surface area contributed by atoms with Crippen LogP contribution in [-0.2, 0) is 0 Å². The van der Waals surface area contributed by atoms with E-state index in [9.17, 15) is 4.79 Å². The van der Waals surface area contributed by atoms with Gasteiger partial charge in [-0.2, -0.15) is 0 Å². The number of hydrogen-bond donors (Lipinski definition) is 1. The standard InChI is InChI=1S/C9H6BrNO2/c10-11-5-7(9(12)13)6-3-1-2-4-8(6)11/h1-5H,(H,12,13). The van der Waals surface area contributed by atoms with Gasteiger partial charge >= 0.3 is 5.97 Å². The van der Waals surface area contributed by atoms with Crippen LogP contribution >= 0.6 is 16.1 Å². The normalized spacial score (nSPS) is 10.5. The maximum atomic E-state index is 10.8. The molecule has 3 nitrogen and oxygen atoms in total. The predicted octanol–water partition coefficient (Wildman–Crippen LogP) is 2.50. The summed E-state index contributed by atoms with van der Waals surface area (Å²) in [6.45, 7) is 0. The molecule has 0 aliphatic rings. The van der Waals surface area contributed by atoms with Crippen molar-refractivity contribution in [3.63, 3.8) is 0 Å². The van der Waals surface area contributed by atoms with Crippen LogP contribution in [0.3, 0.4) is 0 Å². The van der Waals surface area contributed by atoms with Gasteiger partial charge in [0.2, 0.25) is 0 Å². The number of carboxylic acid groups (broad SMARTS) is 1. The van der Waals surface area contributed by atoms with Crippen molar-refractivity contribution in [1.29, 1.82) is 0 Å². The molecular formula is C9H6BrNO2. The molecule has 0 saturated carbocycles. The van der Waals surface area contributed by atoms with E-state index in [1.807, 2.05) is 18.2 Å². The molecule has 0 fully saturated rings. The first kappa shape index (κ1) is 8.31. The molecule has 0 unspecified atom stereocenters. The monoisotopic (exact) mass is 239 g/mol. The Labute approximate surface area is 82.9 Å². The summed E-state index contributed by atoms with van der Waals surface area (Å²) in [4.78, 5) is 10.8. The smallest absolute Gasteiger partial charge is 0.337 e. The molecule has 1 heterocycles. The Morgan fingerprint density at radius 3 is 2.77 bits per heavy atom. The topological polar surface area (TPSA) is 42.2 Å². The summed E-state index contributed by atoms with van der Waals surface area (Å²) in [5.41, 5.74) is 1.17. The van der Waals surface area contributed by atoms with E-state index in [4.69, 9.17) is 5.11 Å². The summed E-state index contributed by atoms with van der Waals surface area (Å²) in [7, 11) is 0. The molecule has 13 heavy (non-hydrogen) atoms. The van der Waals surface area contributed by atoms with Crippen molar-refractivity contribution in [1.82, 2.24) is 3.59 Å². The molecule has 0 aliphatic carbocycles. The number of para-hydroxylation sites is 1. The van der Waals surface area contributed by atoms with E-state index in [1.54, 1.807) is 15.9 Å². The van der Waals surface area contributed by atoms with Crippen molar-refractivity contribution in [3.8, 4) is 0 Å². The van der Waals surface area contributed by atoms with Crippen LogP contribution in [0.4, 0.5) is 0 Å². The van der Waals surface area contributed by atoms with Crippen LogP contribution in [0.5, 0.6) is 0 Å². The lowest BCUT2D eigenvalue weighted by molar-refractivity contribution is 0.0699. The average Bonchev–Trinajstić information content (AvgIpc) is 2.45. The van der Waals surface area contributed by atoms with Gasteiger partial charge in [0.25, 0.3) is 0 Å². The average molecular weight is 240 g/mol. The number of halogens is 1. The summed E-state index contributed by atoms with van der Waals surface area (Å²) >= 11 is 3.24. The summed E-state index contributed by atoms with van der Waals surface area (Å²) in [6.07, 6.45) is 1.55. The Morgan fingerprint density at radius 1 is 1.38 bits per heavy atom. The summed E-state index contributed by atoms with van der Waals surface area (Å²) in [6, 6.07) is 7.33. The molecule has 0 radical (unpaired) electrons. The Kier molecular flexibility index (Phi) is 1.84. The Bertz CT molecular complexity index is 475. The minimum absolute atomic E-state index is 0.312. The number of benzene rings is 1. The first-order valence-corrected chi connectivity index (χ1v) is 4.40. The number of aromatic nitrogens is 1. The lowest BCUT2D eigenvalue weighted by Crippen LogP contribution is -1.93. The molecule has 1 N–H and O–H groups in total. The minimum atomic E-state index is -0.908. The van der Waals surface area contributed by atoms with Crippen molar-refractivity contribution in [2.24, 2.45) is 0 Å². The van der Waals surface area contributed by atoms with Crippen LogP contribution in [0.2, 0.25) is 0 Å². The van der Waals surface area contributed by atoms with Gasteiger partial charge in [-0.15, -0.1) is 0 Å². The molecular weight excluding hydrogens is 234 g/mol. The van der Waals surface area contributed by atoms with Gasteiger partial charge in [0.15, 0.2) is 0 Å². The molecule has 0 aliphatic heterocycles. The van der Waals surface area contributed by atoms with Gasteiger partial charge in [-0.1, -0.05) is 18.2 Å². The lowest BCUT2D eigenvalue weighted by atomic mass is 10.2. The fourth-order valence-electron chi connectivity index (χ4n) is 1.31. The van der Waals surface area contributed by atoms with E-state index < -0.39 is 5.97 Å². The second-order valence-corrected chi connectivity index (χ2v) is 3.44. The van der Waals surface area contributed by atoms with Crippen molar-refractivity contribution in [2.75, 3.05) is 0 Å². The number of carboxylic acids is 1. The molecule has 1 aromatic heterocycles. The number of hydrogen-bond acceptors (Lipinski definition) is 1. The summed E-state index contributed by atoms with van der Waals surface area (Å²) in [5, 5.41) is 9.60. The molecule has 1 aromatic carbocycles. The molecule has 4 heteroatoms. The van der Waals surface area contributed by atoms with E-state index in [2.05, 4.69) is 16.1 Å². The number of rotatable bonds is 1. The Balaban J connectivity index is 2.85. The SMILES string of the molecule is O=C(O)c1cn(Br)c2ccccc12. The number of fused-ring (bicyclic) bond motifs is 1. The van der Waals surface area contributed by atoms with E-state index in [1.165, 1.54) is 0 Å².